The third kappa shape index (κ3) is 2.62. The average Bonchev–Trinajstić information content (AvgIpc) is 2.99. The SMILES string of the molecule is CCc1ccc(C(=O)Nc2ccc(Cl)c3ncccc23)o1. The lowest BCUT2D eigenvalue weighted by Gasteiger charge is -2.08. The lowest BCUT2D eigenvalue weighted by atomic mass is 10.2. The van der Waals surface area contributed by atoms with Crippen LogP contribution in [0.25, 0.3) is 10.9 Å². The summed E-state index contributed by atoms with van der Waals surface area (Å²) >= 11 is 6.11. The summed E-state index contributed by atoms with van der Waals surface area (Å²) in [6, 6.07) is 10.6. The molecule has 106 valence electrons. The molecule has 2 heterocycles. The van der Waals surface area contributed by atoms with E-state index < -0.39 is 0 Å². The molecule has 3 aromatic rings. The Labute approximate surface area is 126 Å². The highest BCUT2D eigenvalue weighted by molar-refractivity contribution is 6.35. The maximum Gasteiger partial charge on any atom is 0.291 e. The minimum absolute atomic E-state index is 0.290. The number of halogens is 1. The van der Waals surface area contributed by atoms with Gasteiger partial charge in [-0.1, -0.05) is 18.5 Å². The van der Waals surface area contributed by atoms with Crippen LogP contribution in [0, 0.1) is 0 Å². The highest BCUT2D eigenvalue weighted by Gasteiger charge is 2.13. The topological polar surface area (TPSA) is 55.1 Å². The second-order valence-corrected chi connectivity index (χ2v) is 4.98. The lowest BCUT2D eigenvalue weighted by molar-refractivity contribution is 0.0995. The van der Waals surface area contributed by atoms with Crippen LogP contribution < -0.4 is 5.32 Å². The van der Waals surface area contributed by atoms with Crippen LogP contribution in [0.3, 0.4) is 0 Å². The van der Waals surface area contributed by atoms with E-state index in [0.29, 0.717) is 22.0 Å². The lowest BCUT2D eigenvalue weighted by Crippen LogP contribution is -2.11. The number of aromatic nitrogens is 1. The molecule has 0 aliphatic rings. The van der Waals surface area contributed by atoms with E-state index in [2.05, 4.69) is 10.3 Å². The molecule has 0 fully saturated rings. The third-order valence-corrected chi connectivity index (χ3v) is 3.51. The number of nitrogens with zero attached hydrogens (tertiary/aromatic N) is 1. The normalized spacial score (nSPS) is 10.8. The second kappa shape index (κ2) is 5.58. The molecule has 5 heteroatoms. The van der Waals surface area contributed by atoms with Crippen molar-refractivity contribution in [2.75, 3.05) is 5.32 Å². The van der Waals surface area contributed by atoms with Crippen LogP contribution in [0.1, 0.15) is 23.2 Å². The molecule has 0 bridgehead atoms. The van der Waals surface area contributed by atoms with E-state index in [1.54, 1.807) is 36.5 Å². The molecule has 1 aromatic carbocycles. The average molecular weight is 301 g/mol. The third-order valence-electron chi connectivity index (χ3n) is 3.20. The van der Waals surface area contributed by atoms with Gasteiger partial charge >= 0.3 is 0 Å². The van der Waals surface area contributed by atoms with Crippen molar-refractivity contribution in [2.24, 2.45) is 0 Å². The Morgan fingerprint density at radius 2 is 2.14 bits per heavy atom. The van der Waals surface area contributed by atoms with Gasteiger partial charge in [-0.05, 0) is 36.4 Å². The van der Waals surface area contributed by atoms with Crippen molar-refractivity contribution in [3.8, 4) is 0 Å². The first-order valence-corrected chi connectivity index (χ1v) is 7.00. The Morgan fingerprint density at radius 3 is 2.90 bits per heavy atom. The number of carbonyl (C=O) groups excluding carboxylic acids is 1. The number of carbonyl (C=O) groups is 1. The standard InChI is InChI=1S/C16H13ClN2O2/c1-2-10-5-8-14(21-10)16(20)19-13-7-6-12(17)15-11(13)4-3-9-18-15/h3-9H,2H2,1H3,(H,19,20). The van der Waals surface area contributed by atoms with Gasteiger partial charge in [0, 0.05) is 18.0 Å². The van der Waals surface area contributed by atoms with Gasteiger partial charge in [-0.15, -0.1) is 0 Å². The quantitative estimate of drug-likeness (QED) is 0.784. The first kappa shape index (κ1) is 13.6. The molecule has 0 saturated heterocycles. The van der Waals surface area contributed by atoms with Crippen molar-refractivity contribution >= 4 is 34.1 Å². The number of furan rings is 1. The van der Waals surface area contributed by atoms with Gasteiger partial charge in [-0.2, -0.15) is 0 Å². The van der Waals surface area contributed by atoms with Crippen molar-refractivity contribution in [3.63, 3.8) is 0 Å². The van der Waals surface area contributed by atoms with Crippen LogP contribution in [0.2, 0.25) is 5.02 Å². The number of fused-ring (bicyclic) bond motifs is 1. The fourth-order valence-electron chi connectivity index (χ4n) is 2.12. The number of nitrogens with one attached hydrogen (secondary N) is 1. The zero-order valence-corrected chi connectivity index (χ0v) is 12.1. The van der Waals surface area contributed by atoms with Crippen molar-refractivity contribution in [1.29, 1.82) is 0 Å². The number of anilines is 1. The van der Waals surface area contributed by atoms with Gasteiger partial charge in [0.15, 0.2) is 5.76 Å². The van der Waals surface area contributed by atoms with E-state index in [1.165, 1.54) is 0 Å². The number of pyridine rings is 1. The molecule has 1 N–H and O–H groups in total. The van der Waals surface area contributed by atoms with Gasteiger partial charge in [0.2, 0.25) is 0 Å². The number of hydrogen-bond donors (Lipinski definition) is 1. The Kier molecular flexibility index (Phi) is 3.62. The Morgan fingerprint density at radius 1 is 1.29 bits per heavy atom. The monoisotopic (exact) mass is 300 g/mol. The van der Waals surface area contributed by atoms with Gasteiger partial charge in [-0.25, -0.2) is 0 Å². The first-order valence-electron chi connectivity index (χ1n) is 6.62. The molecule has 1 amide bonds. The summed E-state index contributed by atoms with van der Waals surface area (Å²) in [6.07, 6.45) is 2.42. The van der Waals surface area contributed by atoms with Crippen LogP contribution in [0.15, 0.2) is 47.0 Å². The van der Waals surface area contributed by atoms with E-state index in [4.69, 9.17) is 16.0 Å². The molecule has 4 nitrogen and oxygen atoms in total. The Hall–Kier alpha value is -2.33. The van der Waals surface area contributed by atoms with E-state index >= 15 is 0 Å². The summed E-state index contributed by atoms with van der Waals surface area (Å²) < 4.78 is 5.45. The van der Waals surface area contributed by atoms with Gasteiger partial charge in [0.05, 0.1) is 16.2 Å². The van der Waals surface area contributed by atoms with Crippen LogP contribution in [-0.4, -0.2) is 10.9 Å². The number of hydrogen-bond acceptors (Lipinski definition) is 3. The number of benzene rings is 1. The predicted molar refractivity (Wildman–Crippen MR) is 82.8 cm³/mol. The molecule has 2 aromatic heterocycles. The molecular formula is C16H13ClN2O2. The van der Waals surface area contributed by atoms with Crippen molar-refractivity contribution in [3.05, 3.63) is 59.1 Å². The van der Waals surface area contributed by atoms with Crippen LogP contribution in [-0.2, 0) is 6.42 Å². The van der Waals surface area contributed by atoms with E-state index in [9.17, 15) is 4.79 Å². The molecule has 0 spiro atoms. The van der Waals surface area contributed by atoms with Gasteiger partial charge in [-0.3, -0.25) is 9.78 Å². The van der Waals surface area contributed by atoms with Crippen LogP contribution in [0.5, 0.6) is 0 Å². The summed E-state index contributed by atoms with van der Waals surface area (Å²) in [5.74, 6) is 0.781. The summed E-state index contributed by atoms with van der Waals surface area (Å²) in [4.78, 5) is 16.4. The first-order chi connectivity index (χ1) is 10.2. The summed E-state index contributed by atoms with van der Waals surface area (Å²) in [5, 5.41) is 4.18. The van der Waals surface area contributed by atoms with Crippen molar-refractivity contribution in [1.82, 2.24) is 4.98 Å². The zero-order valence-electron chi connectivity index (χ0n) is 11.4. The van der Waals surface area contributed by atoms with Gasteiger partial charge < -0.3 is 9.73 Å². The smallest absolute Gasteiger partial charge is 0.291 e. The van der Waals surface area contributed by atoms with Crippen LogP contribution >= 0.6 is 11.6 Å². The van der Waals surface area contributed by atoms with Gasteiger partial charge in [0.25, 0.3) is 5.91 Å². The van der Waals surface area contributed by atoms with Gasteiger partial charge in [0.1, 0.15) is 5.76 Å². The van der Waals surface area contributed by atoms with E-state index in [0.717, 1.165) is 17.6 Å². The fourth-order valence-corrected chi connectivity index (χ4v) is 2.33. The Bertz CT molecular complexity index is 811. The maximum atomic E-state index is 12.2. The van der Waals surface area contributed by atoms with Crippen LogP contribution in [0.4, 0.5) is 5.69 Å². The van der Waals surface area contributed by atoms with E-state index in [-0.39, 0.29) is 5.91 Å². The predicted octanol–water partition coefficient (Wildman–Crippen LogP) is 4.30. The summed E-state index contributed by atoms with van der Waals surface area (Å²) in [7, 11) is 0. The highest BCUT2D eigenvalue weighted by Crippen LogP contribution is 2.28. The minimum atomic E-state index is -0.290. The molecule has 0 saturated carbocycles. The Balaban J connectivity index is 1.95. The summed E-state index contributed by atoms with van der Waals surface area (Å²) in [6.45, 7) is 1.97. The molecule has 0 aliphatic carbocycles. The molecule has 3 rings (SSSR count). The molecule has 21 heavy (non-hydrogen) atoms. The number of aryl methyl sites for hydroxylation is 1. The zero-order chi connectivity index (χ0) is 14.8. The molecule has 0 radical (unpaired) electrons. The maximum absolute atomic E-state index is 12.2. The second-order valence-electron chi connectivity index (χ2n) is 4.57. The van der Waals surface area contributed by atoms with Crippen molar-refractivity contribution < 1.29 is 9.21 Å². The molecule has 0 atom stereocenters. The molecular weight excluding hydrogens is 288 g/mol. The fraction of sp³-hybridized carbons (Fsp3) is 0.125. The highest BCUT2D eigenvalue weighted by atomic mass is 35.5. The largest absolute Gasteiger partial charge is 0.456 e. The molecule has 0 unspecified atom stereocenters. The number of amides is 1. The number of rotatable bonds is 3. The molecule has 0 aliphatic heterocycles. The minimum Gasteiger partial charge on any atom is -0.456 e. The van der Waals surface area contributed by atoms with E-state index in [1.807, 2.05) is 13.0 Å². The summed E-state index contributed by atoms with van der Waals surface area (Å²) in [5.41, 5.74) is 1.31. The van der Waals surface area contributed by atoms with Crippen molar-refractivity contribution in [2.45, 2.75) is 13.3 Å².